The van der Waals surface area contributed by atoms with Crippen LogP contribution in [0.1, 0.15) is 12.0 Å². The van der Waals surface area contributed by atoms with Crippen molar-refractivity contribution in [1.29, 1.82) is 0 Å². The molecular weight excluding hydrogens is 178 g/mol. The smallest absolute Gasteiger partial charge is 0.407 e. The maximum atomic E-state index is 10.5. The molecule has 0 unspecified atom stereocenters. The summed E-state index contributed by atoms with van der Waals surface area (Å²) in [4.78, 5) is 11.8. The Morgan fingerprint density at radius 1 is 1.36 bits per heavy atom. The Kier molecular flexibility index (Phi) is 3.98. The van der Waals surface area contributed by atoms with Gasteiger partial charge in [0.2, 0.25) is 0 Å². The standard InChI is InChI=1S/C11H15NO2/c1-12(11(13)14)9-5-8-10-6-3-2-4-7-10/h2-4,6-7H,5,8-9H2,1H3,(H,13,14). The van der Waals surface area contributed by atoms with Gasteiger partial charge in [0.1, 0.15) is 0 Å². The summed E-state index contributed by atoms with van der Waals surface area (Å²) in [6.45, 7) is 0.588. The van der Waals surface area contributed by atoms with Crippen molar-refractivity contribution in [3.63, 3.8) is 0 Å². The number of nitrogens with zero attached hydrogens (tertiary/aromatic N) is 1. The third-order valence-corrected chi connectivity index (χ3v) is 2.13. The van der Waals surface area contributed by atoms with E-state index in [1.165, 1.54) is 10.5 Å². The van der Waals surface area contributed by atoms with Gasteiger partial charge in [0.15, 0.2) is 0 Å². The van der Waals surface area contributed by atoms with Crippen LogP contribution in [0.2, 0.25) is 0 Å². The summed E-state index contributed by atoms with van der Waals surface area (Å²) in [5, 5.41) is 8.61. The van der Waals surface area contributed by atoms with Gasteiger partial charge >= 0.3 is 6.09 Å². The maximum absolute atomic E-state index is 10.5. The lowest BCUT2D eigenvalue weighted by atomic mass is 10.1. The van der Waals surface area contributed by atoms with E-state index in [0.29, 0.717) is 6.54 Å². The molecule has 0 fully saturated rings. The van der Waals surface area contributed by atoms with Crippen LogP contribution in [-0.4, -0.2) is 29.7 Å². The second-order valence-corrected chi connectivity index (χ2v) is 3.29. The summed E-state index contributed by atoms with van der Waals surface area (Å²) in [6.07, 6.45) is 0.934. The van der Waals surface area contributed by atoms with Crippen LogP contribution >= 0.6 is 0 Å². The van der Waals surface area contributed by atoms with E-state index in [1.54, 1.807) is 7.05 Å². The van der Waals surface area contributed by atoms with Gasteiger partial charge in [0.05, 0.1) is 0 Å². The van der Waals surface area contributed by atoms with Crippen LogP contribution in [-0.2, 0) is 6.42 Å². The highest BCUT2D eigenvalue weighted by atomic mass is 16.4. The van der Waals surface area contributed by atoms with Crippen LogP contribution in [0.3, 0.4) is 0 Å². The van der Waals surface area contributed by atoms with E-state index in [4.69, 9.17) is 5.11 Å². The molecule has 0 aliphatic carbocycles. The van der Waals surface area contributed by atoms with E-state index in [0.717, 1.165) is 12.8 Å². The molecule has 1 rings (SSSR count). The molecule has 0 atom stereocenters. The molecule has 3 nitrogen and oxygen atoms in total. The van der Waals surface area contributed by atoms with E-state index in [1.807, 2.05) is 18.2 Å². The third kappa shape index (κ3) is 3.47. The lowest BCUT2D eigenvalue weighted by Gasteiger charge is -2.11. The SMILES string of the molecule is CN(CCCc1ccccc1)C(=O)O. The van der Waals surface area contributed by atoms with E-state index in [9.17, 15) is 4.79 Å². The molecule has 0 spiro atoms. The molecule has 0 aliphatic rings. The Morgan fingerprint density at radius 3 is 2.57 bits per heavy atom. The highest BCUT2D eigenvalue weighted by molar-refractivity contribution is 5.64. The summed E-state index contributed by atoms with van der Waals surface area (Å²) < 4.78 is 0. The summed E-state index contributed by atoms with van der Waals surface area (Å²) in [7, 11) is 1.59. The van der Waals surface area contributed by atoms with Crippen molar-refractivity contribution < 1.29 is 9.90 Å². The first-order valence-corrected chi connectivity index (χ1v) is 4.68. The largest absolute Gasteiger partial charge is 0.465 e. The Hall–Kier alpha value is -1.51. The predicted molar refractivity (Wildman–Crippen MR) is 55.4 cm³/mol. The van der Waals surface area contributed by atoms with Gasteiger partial charge in [-0.1, -0.05) is 30.3 Å². The van der Waals surface area contributed by atoms with Crippen molar-refractivity contribution in [2.24, 2.45) is 0 Å². The molecule has 0 radical (unpaired) electrons. The summed E-state index contributed by atoms with van der Waals surface area (Å²) in [5.41, 5.74) is 1.26. The molecule has 1 amide bonds. The lowest BCUT2D eigenvalue weighted by molar-refractivity contribution is 0.155. The maximum Gasteiger partial charge on any atom is 0.407 e. The highest BCUT2D eigenvalue weighted by Crippen LogP contribution is 2.02. The van der Waals surface area contributed by atoms with Crippen molar-refractivity contribution in [2.75, 3.05) is 13.6 Å². The Bertz CT molecular complexity index is 285. The number of carbonyl (C=O) groups is 1. The Morgan fingerprint density at radius 2 is 2.00 bits per heavy atom. The number of amides is 1. The molecule has 0 saturated heterocycles. The molecule has 0 saturated carbocycles. The average molecular weight is 193 g/mol. The fourth-order valence-electron chi connectivity index (χ4n) is 1.26. The molecule has 0 bridgehead atoms. The minimum Gasteiger partial charge on any atom is -0.465 e. The van der Waals surface area contributed by atoms with E-state index in [2.05, 4.69) is 12.1 Å². The van der Waals surface area contributed by atoms with Gasteiger partial charge in [-0.05, 0) is 18.4 Å². The predicted octanol–water partition coefficient (Wildman–Crippen LogP) is 2.23. The quantitative estimate of drug-likeness (QED) is 0.796. The van der Waals surface area contributed by atoms with Gasteiger partial charge in [-0.2, -0.15) is 0 Å². The Balaban J connectivity index is 2.26. The fraction of sp³-hybridized carbons (Fsp3) is 0.364. The van der Waals surface area contributed by atoms with Crippen molar-refractivity contribution >= 4 is 6.09 Å². The normalized spacial score (nSPS) is 9.79. The molecule has 76 valence electrons. The molecule has 1 N–H and O–H groups in total. The molecule has 1 aromatic rings. The zero-order valence-electron chi connectivity index (χ0n) is 8.31. The second-order valence-electron chi connectivity index (χ2n) is 3.29. The van der Waals surface area contributed by atoms with Gasteiger partial charge in [0, 0.05) is 13.6 Å². The van der Waals surface area contributed by atoms with Crippen LogP contribution in [0, 0.1) is 0 Å². The minimum atomic E-state index is -0.863. The number of rotatable bonds is 4. The topological polar surface area (TPSA) is 40.5 Å². The van der Waals surface area contributed by atoms with Crippen LogP contribution in [0.25, 0.3) is 0 Å². The second kappa shape index (κ2) is 5.27. The van der Waals surface area contributed by atoms with Gasteiger partial charge in [-0.25, -0.2) is 4.79 Å². The van der Waals surface area contributed by atoms with Crippen LogP contribution < -0.4 is 0 Å². The van der Waals surface area contributed by atoms with Crippen molar-refractivity contribution in [2.45, 2.75) is 12.8 Å². The summed E-state index contributed by atoms with van der Waals surface area (Å²) in [5.74, 6) is 0. The first kappa shape index (κ1) is 10.6. The molecule has 14 heavy (non-hydrogen) atoms. The molecular formula is C11H15NO2. The van der Waals surface area contributed by atoms with Gasteiger partial charge in [-0.15, -0.1) is 0 Å². The highest BCUT2D eigenvalue weighted by Gasteiger charge is 2.03. The number of aryl methyl sites for hydroxylation is 1. The Labute approximate surface area is 84.0 Å². The van der Waals surface area contributed by atoms with Crippen LogP contribution in [0.15, 0.2) is 30.3 Å². The molecule has 3 heteroatoms. The van der Waals surface area contributed by atoms with E-state index in [-0.39, 0.29) is 0 Å². The van der Waals surface area contributed by atoms with Gasteiger partial charge in [0.25, 0.3) is 0 Å². The van der Waals surface area contributed by atoms with Crippen molar-refractivity contribution in [1.82, 2.24) is 4.90 Å². The van der Waals surface area contributed by atoms with Gasteiger partial charge in [-0.3, -0.25) is 0 Å². The summed E-state index contributed by atoms with van der Waals surface area (Å²) >= 11 is 0. The molecule has 0 aliphatic heterocycles. The fourth-order valence-corrected chi connectivity index (χ4v) is 1.26. The van der Waals surface area contributed by atoms with E-state index < -0.39 is 6.09 Å². The number of hydrogen-bond acceptors (Lipinski definition) is 1. The third-order valence-electron chi connectivity index (χ3n) is 2.13. The summed E-state index contributed by atoms with van der Waals surface area (Å²) in [6, 6.07) is 10.1. The number of hydrogen-bond donors (Lipinski definition) is 1. The van der Waals surface area contributed by atoms with E-state index >= 15 is 0 Å². The lowest BCUT2D eigenvalue weighted by Crippen LogP contribution is -2.25. The molecule has 0 aromatic heterocycles. The zero-order valence-corrected chi connectivity index (χ0v) is 8.31. The van der Waals surface area contributed by atoms with Crippen LogP contribution in [0.5, 0.6) is 0 Å². The first-order chi connectivity index (χ1) is 6.70. The van der Waals surface area contributed by atoms with Gasteiger partial charge < -0.3 is 10.0 Å². The number of benzene rings is 1. The monoisotopic (exact) mass is 193 g/mol. The van der Waals surface area contributed by atoms with Crippen LogP contribution in [0.4, 0.5) is 4.79 Å². The van der Waals surface area contributed by atoms with Crippen molar-refractivity contribution in [3.8, 4) is 0 Å². The van der Waals surface area contributed by atoms with Crippen molar-refractivity contribution in [3.05, 3.63) is 35.9 Å². The number of carboxylic acid groups (broad SMARTS) is 1. The average Bonchev–Trinajstić information content (AvgIpc) is 2.19. The molecule has 1 aromatic carbocycles. The minimum absolute atomic E-state index is 0.588. The first-order valence-electron chi connectivity index (χ1n) is 4.68. The zero-order chi connectivity index (χ0) is 10.4. The molecule has 0 heterocycles.